The predicted octanol–water partition coefficient (Wildman–Crippen LogP) is 7.96. The summed E-state index contributed by atoms with van der Waals surface area (Å²) in [5.74, 6) is 0. The Morgan fingerprint density at radius 2 is 0.674 bits per heavy atom. The molecule has 5 rings (SSSR count). The zero-order chi connectivity index (χ0) is 29.8. The van der Waals surface area contributed by atoms with Crippen molar-refractivity contribution in [3.8, 4) is 0 Å². The van der Waals surface area contributed by atoms with Crippen molar-refractivity contribution in [2.24, 2.45) is 0 Å². The van der Waals surface area contributed by atoms with Crippen molar-refractivity contribution in [2.75, 3.05) is 0 Å². The van der Waals surface area contributed by atoms with Gasteiger partial charge in [-0.15, -0.1) is 0 Å². The van der Waals surface area contributed by atoms with E-state index in [0.29, 0.717) is 0 Å². The summed E-state index contributed by atoms with van der Waals surface area (Å²) in [6.45, 7) is 3.46. The summed E-state index contributed by atoms with van der Waals surface area (Å²) < 4.78 is 2.28. The van der Waals surface area contributed by atoms with Crippen LogP contribution in [0, 0.1) is 0 Å². The first-order chi connectivity index (χ1) is 21.4. The average molecular weight is 568 g/mol. The molecule has 2 heteroatoms. The van der Waals surface area contributed by atoms with Crippen molar-refractivity contribution >= 4 is 28.0 Å². The molecule has 1 heterocycles. The quantitative estimate of drug-likeness (QED) is 0.0687. The van der Waals surface area contributed by atoms with Gasteiger partial charge in [0, 0.05) is 18.6 Å². The molecule has 0 N–H and O–H groups in total. The second kappa shape index (κ2) is 18.6. The molecule has 0 spiro atoms. The molecule has 0 bridgehead atoms. The van der Waals surface area contributed by atoms with Crippen LogP contribution in [0.2, 0.25) is 0 Å². The number of hydrogen-bond donors (Lipinski definition) is 0. The lowest BCUT2D eigenvalue weighted by molar-refractivity contribution is -0.697. The number of rotatable bonds is 15. The Labute approximate surface area is 261 Å². The minimum atomic E-state index is -1.22. The topological polar surface area (TPSA) is 3.88 Å². The Morgan fingerprint density at radius 3 is 1.02 bits per heavy atom. The van der Waals surface area contributed by atoms with Crippen molar-refractivity contribution in [3.05, 3.63) is 152 Å². The molecule has 1 aromatic heterocycles. The van der Waals surface area contributed by atoms with Crippen LogP contribution >= 0.6 is 0 Å². The van der Waals surface area contributed by atoms with Crippen LogP contribution in [0.5, 0.6) is 0 Å². The maximum atomic E-state index is 2.28. The van der Waals surface area contributed by atoms with Gasteiger partial charge in [-0.1, -0.05) is 186 Å². The molecule has 1 nitrogen and oxygen atoms in total. The lowest BCUT2D eigenvalue weighted by atomic mass is 9.13. The maximum Gasteiger partial charge on any atom is 0.168 e. The van der Waals surface area contributed by atoms with Crippen LogP contribution in [-0.2, 0) is 6.54 Å². The Kier molecular flexibility index (Phi) is 13.8. The second-order valence-electron chi connectivity index (χ2n) is 11.8. The van der Waals surface area contributed by atoms with E-state index in [1.807, 2.05) is 0 Å². The monoisotopic (exact) mass is 567 g/mol. The van der Waals surface area contributed by atoms with Crippen molar-refractivity contribution in [3.63, 3.8) is 0 Å². The highest BCUT2D eigenvalue weighted by molar-refractivity contribution is 7.19. The largest absolute Gasteiger partial charge is 0.205 e. The van der Waals surface area contributed by atoms with E-state index in [2.05, 4.69) is 163 Å². The fourth-order valence-electron chi connectivity index (χ4n) is 6.49. The Hall–Kier alpha value is -3.91. The summed E-state index contributed by atoms with van der Waals surface area (Å²) in [5, 5.41) is 0. The summed E-state index contributed by atoms with van der Waals surface area (Å²) in [5.41, 5.74) is 5.36. The van der Waals surface area contributed by atoms with Crippen molar-refractivity contribution in [2.45, 2.75) is 77.7 Å². The van der Waals surface area contributed by atoms with Crippen LogP contribution < -0.4 is 26.4 Å². The van der Waals surface area contributed by atoms with E-state index in [0.717, 1.165) is 0 Å². The molecular weight excluding hydrogens is 517 g/mol. The van der Waals surface area contributed by atoms with Gasteiger partial charge in [0.2, 0.25) is 0 Å². The predicted molar refractivity (Wildman–Crippen MR) is 189 cm³/mol. The van der Waals surface area contributed by atoms with Crippen LogP contribution in [0.25, 0.3) is 0 Å². The fourth-order valence-corrected chi connectivity index (χ4v) is 6.49. The summed E-state index contributed by atoms with van der Waals surface area (Å²) in [4.78, 5) is 0. The molecule has 0 saturated carbocycles. The van der Waals surface area contributed by atoms with Crippen molar-refractivity contribution in [1.82, 2.24) is 0 Å². The highest BCUT2D eigenvalue weighted by Crippen LogP contribution is 2.11. The second-order valence-corrected chi connectivity index (χ2v) is 11.8. The third-order valence-corrected chi connectivity index (χ3v) is 8.75. The van der Waals surface area contributed by atoms with Crippen LogP contribution in [0.15, 0.2) is 152 Å². The number of unbranched alkanes of at least 4 members (excludes halogenated alkanes) is 9. The average Bonchev–Trinajstić information content (AvgIpc) is 3.09. The normalized spacial score (nSPS) is 11.0. The lowest BCUT2D eigenvalue weighted by Crippen LogP contribution is -2.74. The minimum absolute atomic E-state index is 1.18. The van der Waals surface area contributed by atoms with Gasteiger partial charge in [-0.2, -0.15) is 21.9 Å². The molecule has 0 unspecified atom stereocenters. The van der Waals surface area contributed by atoms with E-state index >= 15 is 0 Å². The highest BCUT2D eigenvalue weighted by atomic mass is 14.9. The number of nitrogens with zero attached hydrogens (tertiary/aromatic N) is 1. The third kappa shape index (κ3) is 9.55. The van der Waals surface area contributed by atoms with Crippen LogP contribution in [0.1, 0.15) is 71.1 Å². The number of pyridine rings is 1. The molecule has 0 radical (unpaired) electrons. The standard InChI is InChI=1S/C24H20B.C17H30N/c1-5-13-21(14-6-1)25(22-15-7-2-8-16-22,23-17-9-3-10-18-23)24-19-11-4-12-20-24;1-2-3-4-5-6-7-8-9-10-12-15-18-16-13-11-14-17-18/h1-20H;11,13-14,16-17H,2-10,12,15H2,1H3/q-1;+1. The van der Waals surface area contributed by atoms with Gasteiger partial charge < -0.3 is 0 Å². The molecule has 0 amide bonds. The molecule has 0 aliphatic rings. The molecule has 0 saturated heterocycles. The molecular formula is C41H50BN. The number of benzene rings is 4. The Balaban J connectivity index is 0.000000209. The molecule has 0 aliphatic carbocycles. The molecule has 4 aromatic carbocycles. The Bertz CT molecular complexity index is 1210. The zero-order valence-corrected chi connectivity index (χ0v) is 26.2. The first kappa shape index (κ1) is 32.0. The first-order valence-electron chi connectivity index (χ1n) is 16.7. The van der Waals surface area contributed by atoms with Crippen molar-refractivity contribution < 1.29 is 4.57 Å². The van der Waals surface area contributed by atoms with Gasteiger partial charge in [0.05, 0.1) is 0 Å². The van der Waals surface area contributed by atoms with E-state index in [1.54, 1.807) is 0 Å². The van der Waals surface area contributed by atoms with Crippen LogP contribution in [0.3, 0.4) is 0 Å². The molecule has 43 heavy (non-hydrogen) atoms. The summed E-state index contributed by atoms with van der Waals surface area (Å²) in [7, 11) is 0. The minimum Gasteiger partial charge on any atom is -0.205 e. The fraction of sp³-hybridized carbons (Fsp3) is 0.293. The van der Waals surface area contributed by atoms with Gasteiger partial charge in [-0.05, 0) is 6.42 Å². The van der Waals surface area contributed by atoms with Gasteiger partial charge in [-0.3, -0.25) is 0 Å². The Morgan fingerprint density at radius 1 is 0.372 bits per heavy atom. The van der Waals surface area contributed by atoms with Crippen molar-refractivity contribution in [1.29, 1.82) is 0 Å². The maximum absolute atomic E-state index is 2.28. The molecule has 0 atom stereocenters. The van der Waals surface area contributed by atoms with Gasteiger partial charge >= 0.3 is 0 Å². The molecule has 0 aliphatic heterocycles. The van der Waals surface area contributed by atoms with Gasteiger partial charge in [0.15, 0.2) is 12.4 Å². The molecule has 5 aromatic rings. The van der Waals surface area contributed by atoms with E-state index in [1.165, 1.54) is 92.6 Å². The smallest absolute Gasteiger partial charge is 0.168 e. The van der Waals surface area contributed by atoms with Crippen LogP contribution in [0.4, 0.5) is 0 Å². The number of aryl methyl sites for hydroxylation is 1. The van der Waals surface area contributed by atoms with E-state index < -0.39 is 6.15 Å². The third-order valence-electron chi connectivity index (χ3n) is 8.75. The number of hydrogen-bond acceptors (Lipinski definition) is 0. The van der Waals surface area contributed by atoms with E-state index in [9.17, 15) is 0 Å². The summed E-state index contributed by atoms with van der Waals surface area (Å²) in [6.07, 6.45) is 17.2. The SMILES string of the molecule is CCCCCCCCCCCC[n+]1ccccc1.c1ccc([B-](c2ccccc2)(c2ccccc2)c2ccccc2)cc1. The van der Waals surface area contributed by atoms with E-state index in [4.69, 9.17) is 0 Å². The molecule has 222 valence electrons. The van der Waals surface area contributed by atoms with Gasteiger partial charge in [0.25, 0.3) is 0 Å². The zero-order valence-electron chi connectivity index (χ0n) is 26.2. The highest BCUT2D eigenvalue weighted by Gasteiger charge is 2.31. The summed E-state index contributed by atoms with van der Waals surface area (Å²) >= 11 is 0. The molecule has 0 fully saturated rings. The number of aromatic nitrogens is 1. The van der Waals surface area contributed by atoms with E-state index in [-0.39, 0.29) is 0 Å². The van der Waals surface area contributed by atoms with Crippen LogP contribution in [-0.4, -0.2) is 6.15 Å². The summed E-state index contributed by atoms with van der Waals surface area (Å²) in [6, 6.07) is 49.8. The first-order valence-corrected chi connectivity index (χ1v) is 16.7. The lowest BCUT2D eigenvalue weighted by Gasteiger charge is -2.44. The van der Waals surface area contributed by atoms with Gasteiger partial charge in [0.1, 0.15) is 12.7 Å². The van der Waals surface area contributed by atoms with Gasteiger partial charge in [-0.25, -0.2) is 4.57 Å².